The van der Waals surface area contributed by atoms with Crippen molar-refractivity contribution < 1.29 is 9.53 Å². The summed E-state index contributed by atoms with van der Waals surface area (Å²) < 4.78 is 7.30. The molecule has 0 fully saturated rings. The van der Waals surface area contributed by atoms with E-state index in [2.05, 4.69) is 24.2 Å². The van der Waals surface area contributed by atoms with Gasteiger partial charge in [0, 0.05) is 12.6 Å². The number of allylic oxidation sites excluding steroid dienone is 2. The zero-order valence-corrected chi connectivity index (χ0v) is 14.1. The van der Waals surface area contributed by atoms with Gasteiger partial charge >= 0.3 is 5.97 Å². The van der Waals surface area contributed by atoms with Gasteiger partial charge < -0.3 is 4.74 Å². The second-order valence-corrected chi connectivity index (χ2v) is 6.49. The number of benzene rings is 1. The number of esters is 1. The van der Waals surface area contributed by atoms with E-state index in [4.69, 9.17) is 4.74 Å². The first kappa shape index (κ1) is 16.5. The SMILES string of the molecule is CC1CC=CCC1COC(=O)CCc1cnn(-c2ccccc2)c1. The number of ether oxygens (including phenoxy) is 1. The largest absolute Gasteiger partial charge is 0.465 e. The molecule has 2 aromatic rings. The maximum absolute atomic E-state index is 12.0. The number of nitrogens with zero attached hydrogens (tertiary/aromatic N) is 2. The van der Waals surface area contributed by atoms with Crippen LogP contribution in [0.25, 0.3) is 5.69 Å². The lowest BCUT2D eigenvalue weighted by atomic mass is 9.85. The number of aromatic nitrogens is 2. The molecule has 4 nitrogen and oxygen atoms in total. The zero-order valence-electron chi connectivity index (χ0n) is 14.1. The quantitative estimate of drug-likeness (QED) is 0.597. The Morgan fingerprint density at radius 2 is 2.04 bits per heavy atom. The van der Waals surface area contributed by atoms with E-state index in [0.717, 1.165) is 24.1 Å². The van der Waals surface area contributed by atoms with Gasteiger partial charge in [-0.25, -0.2) is 4.68 Å². The standard InChI is InChI=1S/C20H24N2O2/c1-16-7-5-6-8-18(16)15-24-20(23)12-11-17-13-21-22(14-17)19-9-3-2-4-10-19/h2-6,9-10,13-14,16,18H,7-8,11-12,15H2,1H3. The molecule has 0 saturated heterocycles. The van der Waals surface area contributed by atoms with Gasteiger partial charge in [0.25, 0.3) is 0 Å². The van der Waals surface area contributed by atoms with Gasteiger partial charge in [0.1, 0.15) is 0 Å². The van der Waals surface area contributed by atoms with Crippen molar-refractivity contribution in [3.63, 3.8) is 0 Å². The van der Waals surface area contributed by atoms with Crippen LogP contribution in [-0.2, 0) is 16.0 Å². The van der Waals surface area contributed by atoms with Crippen LogP contribution in [0.3, 0.4) is 0 Å². The Hall–Kier alpha value is -2.36. The minimum atomic E-state index is -0.121. The molecule has 126 valence electrons. The van der Waals surface area contributed by atoms with Crippen LogP contribution in [-0.4, -0.2) is 22.4 Å². The van der Waals surface area contributed by atoms with Gasteiger partial charge in [-0.05, 0) is 48.8 Å². The van der Waals surface area contributed by atoms with Crippen molar-refractivity contribution in [3.05, 3.63) is 60.4 Å². The molecule has 0 N–H and O–H groups in total. The van der Waals surface area contributed by atoms with Crippen LogP contribution in [0.4, 0.5) is 0 Å². The molecule has 0 spiro atoms. The number of carbonyl (C=O) groups excluding carboxylic acids is 1. The monoisotopic (exact) mass is 324 g/mol. The molecule has 0 saturated carbocycles. The highest BCUT2D eigenvalue weighted by atomic mass is 16.5. The number of rotatable bonds is 6. The fraction of sp³-hybridized carbons (Fsp3) is 0.400. The molecule has 2 unspecified atom stereocenters. The smallest absolute Gasteiger partial charge is 0.306 e. The van der Waals surface area contributed by atoms with Crippen molar-refractivity contribution in [2.75, 3.05) is 6.61 Å². The molecule has 0 aliphatic heterocycles. The molecule has 0 bridgehead atoms. The van der Waals surface area contributed by atoms with E-state index in [1.54, 1.807) is 0 Å². The Morgan fingerprint density at radius 1 is 1.25 bits per heavy atom. The fourth-order valence-corrected chi connectivity index (χ4v) is 2.97. The molecule has 0 radical (unpaired) electrons. The van der Waals surface area contributed by atoms with Crippen molar-refractivity contribution in [1.29, 1.82) is 0 Å². The Bertz CT molecular complexity index is 691. The van der Waals surface area contributed by atoms with Crippen LogP contribution >= 0.6 is 0 Å². The van der Waals surface area contributed by atoms with E-state index >= 15 is 0 Å². The lowest BCUT2D eigenvalue weighted by Crippen LogP contribution is -2.21. The number of hydrogen-bond acceptors (Lipinski definition) is 3. The lowest BCUT2D eigenvalue weighted by molar-refractivity contribution is -0.145. The topological polar surface area (TPSA) is 44.1 Å². The second kappa shape index (κ2) is 7.95. The van der Waals surface area contributed by atoms with Crippen molar-refractivity contribution in [1.82, 2.24) is 9.78 Å². The molecule has 1 aliphatic carbocycles. The molecule has 2 atom stereocenters. The summed E-state index contributed by atoms with van der Waals surface area (Å²) in [6.07, 6.45) is 11.3. The van der Waals surface area contributed by atoms with Crippen LogP contribution in [0.2, 0.25) is 0 Å². The predicted octanol–water partition coefficient (Wildman–Crippen LogP) is 3.95. The van der Waals surface area contributed by atoms with Crippen LogP contribution in [0, 0.1) is 11.8 Å². The first-order valence-corrected chi connectivity index (χ1v) is 8.62. The average Bonchev–Trinajstić information content (AvgIpc) is 3.09. The number of hydrogen-bond donors (Lipinski definition) is 0. The van der Waals surface area contributed by atoms with Crippen LogP contribution < -0.4 is 0 Å². The van der Waals surface area contributed by atoms with Crippen LogP contribution in [0.5, 0.6) is 0 Å². The maximum atomic E-state index is 12.0. The molecule has 3 rings (SSSR count). The van der Waals surface area contributed by atoms with Crippen LogP contribution in [0.15, 0.2) is 54.9 Å². The summed E-state index contributed by atoms with van der Waals surface area (Å²) >= 11 is 0. The molecular weight excluding hydrogens is 300 g/mol. The van der Waals surface area contributed by atoms with Gasteiger partial charge in [0.05, 0.1) is 18.5 Å². The highest BCUT2D eigenvalue weighted by Crippen LogP contribution is 2.25. The minimum Gasteiger partial charge on any atom is -0.465 e. The second-order valence-electron chi connectivity index (χ2n) is 6.49. The third kappa shape index (κ3) is 4.34. The molecule has 1 aromatic heterocycles. The van der Waals surface area contributed by atoms with Gasteiger partial charge in [0.2, 0.25) is 0 Å². The summed E-state index contributed by atoms with van der Waals surface area (Å²) in [6, 6.07) is 9.95. The summed E-state index contributed by atoms with van der Waals surface area (Å²) in [5.74, 6) is 0.927. The van der Waals surface area contributed by atoms with E-state index in [0.29, 0.717) is 31.3 Å². The zero-order chi connectivity index (χ0) is 16.8. The molecule has 0 amide bonds. The van der Waals surface area contributed by atoms with E-state index < -0.39 is 0 Å². The van der Waals surface area contributed by atoms with Crippen molar-refractivity contribution in [2.24, 2.45) is 11.8 Å². The molecule has 1 aliphatic rings. The first-order chi connectivity index (χ1) is 11.7. The lowest BCUT2D eigenvalue weighted by Gasteiger charge is -2.24. The van der Waals surface area contributed by atoms with Crippen molar-refractivity contribution >= 4 is 5.97 Å². The highest BCUT2D eigenvalue weighted by molar-refractivity contribution is 5.69. The first-order valence-electron chi connectivity index (χ1n) is 8.62. The minimum absolute atomic E-state index is 0.121. The van der Waals surface area contributed by atoms with E-state index in [-0.39, 0.29) is 5.97 Å². The van der Waals surface area contributed by atoms with E-state index in [1.807, 2.05) is 47.4 Å². The fourth-order valence-electron chi connectivity index (χ4n) is 2.97. The normalized spacial score (nSPS) is 20.0. The van der Waals surface area contributed by atoms with Gasteiger partial charge in [-0.15, -0.1) is 0 Å². The summed E-state index contributed by atoms with van der Waals surface area (Å²) in [7, 11) is 0. The molecule has 4 heteroatoms. The number of carbonyl (C=O) groups is 1. The van der Waals surface area contributed by atoms with Crippen molar-refractivity contribution in [3.8, 4) is 5.69 Å². The van der Waals surface area contributed by atoms with Gasteiger partial charge in [0.15, 0.2) is 0 Å². The summed E-state index contributed by atoms with van der Waals surface area (Å²) in [5, 5.41) is 4.35. The molecule has 24 heavy (non-hydrogen) atoms. The predicted molar refractivity (Wildman–Crippen MR) is 93.9 cm³/mol. The summed E-state index contributed by atoms with van der Waals surface area (Å²) in [6.45, 7) is 2.76. The average molecular weight is 324 g/mol. The highest BCUT2D eigenvalue weighted by Gasteiger charge is 2.19. The third-order valence-corrected chi connectivity index (χ3v) is 4.65. The van der Waals surface area contributed by atoms with E-state index in [9.17, 15) is 4.79 Å². The van der Waals surface area contributed by atoms with E-state index in [1.165, 1.54) is 0 Å². The molecular formula is C20H24N2O2. The van der Waals surface area contributed by atoms with Gasteiger partial charge in [-0.1, -0.05) is 37.3 Å². The van der Waals surface area contributed by atoms with Gasteiger partial charge in [-0.3, -0.25) is 4.79 Å². The Kier molecular flexibility index (Phi) is 5.47. The molecule has 1 aromatic carbocycles. The third-order valence-electron chi connectivity index (χ3n) is 4.65. The number of para-hydroxylation sites is 1. The van der Waals surface area contributed by atoms with Crippen LogP contribution in [0.1, 0.15) is 31.7 Å². The maximum Gasteiger partial charge on any atom is 0.306 e. The van der Waals surface area contributed by atoms with Gasteiger partial charge in [-0.2, -0.15) is 5.10 Å². The Morgan fingerprint density at radius 3 is 2.83 bits per heavy atom. The number of aryl methyl sites for hydroxylation is 1. The van der Waals surface area contributed by atoms with Crippen molar-refractivity contribution in [2.45, 2.75) is 32.6 Å². The molecule has 1 heterocycles. The summed E-state index contributed by atoms with van der Waals surface area (Å²) in [4.78, 5) is 12.0. The Labute approximate surface area is 143 Å². The Balaban J connectivity index is 1.45. The summed E-state index contributed by atoms with van der Waals surface area (Å²) in [5.41, 5.74) is 2.07.